The Morgan fingerprint density at radius 2 is 1.17 bits per heavy atom. The van der Waals surface area contributed by atoms with Gasteiger partial charge in [0.2, 0.25) is 0 Å². The lowest BCUT2D eigenvalue weighted by Crippen LogP contribution is -1.95. The predicted octanol–water partition coefficient (Wildman–Crippen LogP) is 4.01. The van der Waals surface area contributed by atoms with Gasteiger partial charge in [0.1, 0.15) is 0 Å². The highest BCUT2D eigenvalue weighted by atomic mass is 32.8. The second-order valence-corrected chi connectivity index (χ2v) is 13.1. The van der Waals surface area contributed by atoms with Crippen molar-refractivity contribution in [2.45, 2.75) is 0 Å². The van der Waals surface area contributed by atoms with Gasteiger partial charge in [-0.1, -0.05) is 0 Å². The molecule has 0 N–H and O–H groups in total. The van der Waals surface area contributed by atoms with Crippen molar-refractivity contribution >= 4 is 44.2 Å². The average Bonchev–Trinajstić information content (AvgIpc) is 2.38. The molecular weight excluding hydrogens is 345 g/mol. The van der Waals surface area contributed by atoms with E-state index in [0.29, 0.717) is 11.4 Å². The largest absolute Gasteiger partial charge is 0.482 e. The molecule has 0 aromatic heterocycles. The van der Waals surface area contributed by atoms with E-state index in [9.17, 15) is 13.7 Å². The highest BCUT2D eigenvalue weighted by Gasteiger charge is 2.43. The van der Waals surface area contributed by atoms with Crippen LogP contribution >= 0.6 is 44.2 Å². The number of hydrogen-bond acceptors (Lipinski definition) is 10. The van der Waals surface area contributed by atoms with Crippen LogP contribution in [0.3, 0.4) is 0 Å². The Bertz CT molecular complexity index is 352. The Morgan fingerprint density at radius 1 is 0.722 bits per heavy atom. The van der Waals surface area contributed by atoms with Crippen molar-refractivity contribution in [3.8, 4) is 0 Å². The molecule has 0 aliphatic heterocycles. The lowest BCUT2D eigenvalue weighted by molar-refractivity contribution is 0.205. The molecule has 0 aliphatic rings. The van der Waals surface area contributed by atoms with E-state index in [0.717, 1.165) is 32.7 Å². The third kappa shape index (κ3) is 5.67. The van der Waals surface area contributed by atoms with Gasteiger partial charge < -0.3 is 4.52 Å². The van der Waals surface area contributed by atoms with E-state index in [-0.39, 0.29) is 0 Å². The fourth-order valence-electron chi connectivity index (χ4n) is 0.609. The third-order valence-electron chi connectivity index (χ3n) is 1.52. The normalized spacial score (nSPS) is 19.2. The molecular formula is C5H15O8P3S2. The van der Waals surface area contributed by atoms with E-state index >= 15 is 0 Å². The summed E-state index contributed by atoms with van der Waals surface area (Å²) >= 11 is 1.33. The number of rotatable bonds is 9. The van der Waals surface area contributed by atoms with Gasteiger partial charge in [0.05, 0.1) is 0 Å². The van der Waals surface area contributed by atoms with Gasteiger partial charge in [0.15, 0.2) is 0 Å². The minimum absolute atomic E-state index is 0.601. The maximum Gasteiger partial charge on any atom is 0.482 e. The van der Waals surface area contributed by atoms with E-state index in [1.165, 1.54) is 12.5 Å². The highest BCUT2D eigenvalue weighted by Crippen LogP contribution is 2.79. The molecule has 0 heterocycles. The van der Waals surface area contributed by atoms with Gasteiger partial charge in [0.25, 0.3) is 0 Å². The van der Waals surface area contributed by atoms with Gasteiger partial charge in [-0.3, -0.25) is 9.05 Å². The topological polar surface area (TPSA) is 97.4 Å². The van der Waals surface area contributed by atoms with Gasteiger partial charge in [0, 0.05) is 21.3 Å². The van der Waals surface area contributed by atoms with Gasteiger partial charge in [-0.25, -0.2) is 18.0 Å². The zero-order valence-electron chi connectivity index (χ0n) is 10.4. The first-order valence-corrected chi connectivity index (χ1v) is 12.4. The molecule has 0 aliphatic carbocycles. The Labute approximate surface area is 114 Å². The summed E-state index contributed by atoms with van der Waals surface area (Å²) in [5.74, 6) is 0. The van der Waals surface area contributed by atoms with Crippen molar-refractivity contribution in [1.29, 1.82) is 0 Å². The first-order valence-electron chi connectivity index (χ1n) is 4.23. The van der Waals surface area contributed by atoms with Crippen molar-refractivity contribution in [1.82, 2.24) is 0 Å². The zero-order valence-corrected chi connectivity index (χ0v) is 14.7. The van der Waals surface area contributed by atoms with Gasteiger partial charge in [-0.15, -0.1) is 0 Å². The molecule has 0 aromatic rings. The Hall–Kier alpha value is 1.19. The predicted molar refractivity (Wildman–Crippen MR) is 73.0 cm³/mol. The van der Waals surface area contributed by atoms with Crippen LogP contribution < -0.4 is 0 Å². The van der Waals surface area contributed by atoms with Gasteiger partial charge in [-0.05, 0) is 35.3 Å². The summed E-state index contributed by atoms with van der Waals surface area (Å²) in [5.41, 5.74) is 0. The molecule has 0 radical (unpaired) electrons. The van der Waals surface area contributed by atoms with Gasteiger partial charge >= 0.3 is 21.4 Å². The Kier molecular flexibility index (Phi) is 8.35. The molecule has 0 amide bonds. The van der Waals surface area contributed by atoms with Crippen LogP contribution in [0.2, 0.25) is 0 Å². The minimum atomic E-state index is -4.02. The third-order valence-corrected chi connectivity index (χ3v) is 11.9. The van der Waals surface area contributed by atoms with Gasteiger partial charge in [-0.2, -0.15) is 4.31 Å². The minimum Gasteiger partial charge on any atom is -0.304 e. The first kappa shape index (κ1) is 19.2. The van der Waals surface area contributed by atoms with Crippen molar-refractivity contribution in [2.24, 2.45) is 0 Å². The summed E-state index contributed by atoms with van der Waals surface area (Å²) in [7, 11) is -0.778. The first-order chi connectivity index (χ1) is 8.22. The molecule has 0 aromatic carbocycles. The standard InChI is InChI=1S/C5H15O8P3S2/c1-9-14(6,10-2)12-16(8,18-5)13-15(7,11-3)17-4/h1-5H3. The molecule has 0 rings (SSSR count). The van der Waals surface area contributed by atoms with E-state index in [4.69, 9.17) is 8.62 Å². The Balaban J connectivity index is 5.10. The molecule has 13 heteroatoms. The smallest absolute Gasteiger partial charge is 0.304 e. The monoisotopic (exact) mass is 360 g/mol. The number of phosphoric acid groups is 1. The van der Waals surface area contributed by atoms with Crippen LogP contribution in [0.15, 0.2) is 0 Å². The van der Waals surface area contributed by atoms with E-state index in [1.54, 1.807) is 0 Å². The molecule has 8 nitrogen and oxygen atoms in total. The van der Waals surface area contributed by atoms with Crippen LogP contribution in [-0.2, 0) is 35.9 Å². The zero-order chi connectivity index (χ0) is 14.4. The summed E-state index contributed by atoms with van der Waals surface area (Å²) in [6.45, 7) is -7.67. The second-order valence-electron chi connectivity index (χ2n) is 2.42. The molecule has 0 fully saturated rings. The van der Waals surface area contributed by atoms with Crippen molar-refractivity contribution in [3.05, 3.63) is 0 Å². The fourth-order valence-corrected chi connectivity index (χ4v) is 9.80. The average molecular weight is 360 g/mol. The van der Waals surface area contributed by atoms with Crippen molar-refractivity contribution in [3.63, 3.8) is 0 Å². The molecule has 2 unspecified atom stereocenters. The van der Waals surface area contributed by atoms with Crippen LogP contribution in [-0.4, -0.2) is 33.8 Å². The van der Waals surface area contributed by atoms with Crippen LogP contribution in [0.5, 0.6) is 0 Å². The highest BCUT2D eigenvalue weighted by molar-refractivity contribution is 8.60. The summed E-state index contributed by atoms with van der Waals surface area (Å²) in [4.78, 5) is 0. The van der Waals surface area contributed by atoms with Crippen LogP contribution in [0.1, 0.15) is 0 Å². The van der Waals surface area contributed by atoms with E-state index in [2.05, 4.69) is 13.6 Å². The van der Waals surface area contributed by atoms with Crippen LogP contribution in [0.25, 0.3) is 0 Å². The van der Waals surface area contributed by atoms with Crippen molar-refractivity contribution in [2.75, 3.05) is 33.8 Å². The fraction of sp³-hybridized carbons (Fsp3) is 1.00. The molecule has 2 atom stereocenters. The van der Waals surface area contributed by atoms with E-state index in [1.807, 2.05) is 0 Å². The van der Waals surface area contributed by atoms with E-state index < -0.39 is 21.4 Å². The molecule has 0 saturated heterocycles. The molecule has 110 valence electrons. The Morgan fingerprint density at radius 3 is 1.44 bits per heavy atom. The molecule has 0 spiro atoms. The second kappa shape index (κ2) is 7.84. The molecule has 0 bridgehead atoms. The lowest BCUT2D eigenvalue weighted by Gasteiger charge is -2.22. The molecule has 0 saturated carbocycles. The lowest BCUT2D eigenvalue weighted by atomic mass is 11.8. The number of phosphoric ester groups is 1. The quantitative estimate of drug-likeness (QED) is 0.561. The summed E-state index contributed by atoms with van der Waals surface area (Å²) in [6.07, 6.45) is 2.82. The summed E-state index contributed by atoms with van der Waals surface area (Å²) < 4.78 is 58.9. The van der Waals surface area contributed by atoms with Crippen molar-refractivity contribution < 1.29 is 35.9 Å². The SMILES string of the molecule is COP(=O)(OC)OP(=O)(OP(=O)(OC)SC)SC. The summed E-state index contributed by atoms with van der Waals surface area (Å²) in [5, 5.41) is 0. The number of hydrogen-bond donors (Lipinski definition) is 0. The molecule has 18 heavy (non-hydrogen) atoms. The van der Waals surface area contributed by atoms with Crippen LogP contribution in [0, 0.1) is 0 Å². The maximum atomic E-state index is 12.2. The summed E-state index contributed by atoms with van der Waals surface area (Å²) in [6, 6.07) is 0. The van der Waals surface area contributed by atoms with Crippen LogP contribution in [0.4, 0.5) is 0 Å². The maximum absolute atomic E-state index is 12.2.